The van der Waals surface area contributed by atoms with Crippen molar-refractivity contribution in [2.75, 3.05) is 18.5 Å². The molecule has 0 aliphatic heterocycles. The predicted octanol–water partition coefficient (Wildman–Crippen LogP) is 1.45. The zero-order valence-electron chi connectivity index (χ0n) is 8.78. The molecular formula is C11H14FNO3. The Morgan fingerprint density at radius 1 is 1.38 bits per heavy atom. The molecule has 0 spiro atoms. The molecule has 0 saturated carbocycles. The summed E-state index contributed by atoms with van der Waals surface area (Å²) in [6, 6.07) is 7.36. The first-order chi connectivity index (χ1) is 7.76. The molecule has 0 saturated heterocycles. The van der Waals surface area contributed by atoms with Gasteiger partial charge in [0.05, 0.1) is 13.0 Å². The van der Waals surface area contributed by atoms with E-state index in [0.29, 0.717) is 13.0 Å². The third kappa shape index (κ3) is 4.27. The van der Waals surface area contributed by atoms with Crippen molar-refractivity contribution in [3.05, 3.63) is 29.8 Å². The van der Waals surface area contributed by atoms with Gasteiger partial charge in [0, 0.05) is 16.8 Å². The van der Waals surface area contributed by atoms with Crippen LogP contribution in [0.5, 0.6) is 0 Å². The zero-order valence-corrected chi connectivity index (χ0v) is 8.78. The highest BCUT2D eigenvalue weighted by molar-refractivity contribution is 5.68. The van der Waals surface area contributed by atoms with Gasteiger partial charge in [-0.15, -0.1) is 0 Å². The van der Waals surface area contributed by atoms with Crippen molar-refractivity contribution in [3.8, 4) is 0 Å². The minimum absolute atomic E-state index is 0.0277. The quantitative estimate of drug-likeness (QED) is 0.772. The van der Waals surface area contributed by atoms with Crippen LogP contribution in [0, 0.1) is 0 Å². The van der Waals surface area contributed by atoms with Gasteiger partial charge < -0.3 is 10.4 Å². The summed E-state index contributed by atoms with van der Waals surface area (Å²) in [4.78, 5) is 13.6. The summed E-state index contributed by atoms with van der Waals surface area (Å²) < 4.78 is 11.4. The predicted molar refractivity (Wildman–Crippen MR) is 57.5 cm³/mol. The summed E-state index contributed by atoms with van der Waals surface area (Å²) >= 11 is 0. The molecule has 0 heterocycles. The van der Waals surface area contributed by atoms with E-state index in [-0.39, 0.29) is 13.0 Å². The number of aryl methyl sites for hydroxylation is 1. The fourth-order valence-electron chi connectivity index (χ4n) is 1.27. The van der Waals surface area contributed by atoms with Gasteiger partial charge >= 0.3 is 5.97 Å². The topological polar surface area (TPSA) is 58.6 Å². The third-order valence-electron chi connectivity index (χ3n) is 2.10. The number of anilines is 1. The molecule has 2 N–H and O–H groups in total. The number of rotatable bonds is 6. The fourth-order valence-corrected chi connectivity index (χ4v) is 1.27. The van der Waals surface area contributed by atoms with Gasteiger partial charge in [-0.2, -0.15) is 0 Å². The highest BCUT2D eigenvalue weighted by atomic mass is 19.3. The van der Waals surface area contributed by atoms with E-state index in [0.717, 1.165) is 11.3 Å². The van der Waals surface area contributed by atoms with Gasteiger partial charge in [-0.05, 0) is 24.1 Å². The molecule has 0 amide bonds. The van der Waals surface area contributed by atoms with Crippen LogP contribution in [-0.2, 0) is 16.2 Å². The molecule has 1 aromatic rings. The molecular weight excluding hydrogens is 213 g/mol. The van der Waals surface area contributed by atoms with E-state index in [1.807, 2.05) is 24.3 Å². The molecule has 0 aromatic heterocycles. The molecule has 5 heteroatoms. The first kappa shape index (κ1) is 12.4. The largest absolute Gasteiger partial charge is 0.395 e. The van der Waals surface area contributed by atoms with E-state index >= 15 is 0 Å². The van der Waals surface area contributed by atoms with Crippen LogP contribution in [0.25, 0.3) is 0 Å². The summed E-state index contributed by atoms with van der Waals surface area (Å²) in [7, 11) is 0. The maximum absolute atomic E-state index is 11.4. The number of benzene rings is 1. The van der Waals surface area contributed by atoms with E-state index in [1.54, 1.807) is 0 Å². The Balaban J connectivity index is 2.41. The van der Waals surface area contributed by atoms with Gasteiger partial charge in [0.2, 0.25) is 0 Å². The van der Waals surface area contributed by atoms with Crippen molar-refractivity contribution in [1.29, 1.82) is 0 Å². The van der Waals surface area contributed by atoms with Crippen LogP contribution < -0.4 is 5.32 Å². The van der Waals surface area contributed by atoms with E-state index in [1.165, 1.54) is 0 Å². The molecule has 88 valence electrons. The fraction of sp³-hybridized carbons (Fsp3) is 0.364. The van der Waals surface area contributed by atoms with Crippen LogP contribution in [-0.4, -0.2) is 24.2 Å². The highest BCUT2D eigenvalue weighted by Gasteiger charge is 2.03. The number of hydrogen-bond donors (Lipinski definition) is 2. The molecule has 0 bridgehead atoms. The molecule has 16 heavy (non-hydrogen) atoms. The van der Waals surface area contributed by atoms with E-state index in [2.05, 4.69) is 10.3 Å². The molecule has 0 aliphatic rings. The second-order valence-electron chi connectivity index (χ2n) is 3.30. The van der Waals surface area contributed by atoms with Crippen molar-refractivity contribution >= 4 is 11.7 Å². The molecule has 0 fully saturated rings. The monoisotopic (exact) mass is 227 g/mol. The Bertz CT molecular complexity index is 327. The summed E-state index contributed by atoms with van der Waals surface area (Å²) in [5, 5.41) is 11.6. The van der Waals surface area contributed by atoms with Crippen LogP contribution in [0.15, 0.2) is 24.3 Å². The lowest BCUT2D eigenvalue weighted by Crippen LogP contribution is -2.05. The van der Waals surface area contributed by atoms with Gasteiger partial charge in [-0.1, -0.05) is 12.1 Å². The Morgan fingerprint density at radius 3 is 2.62 bits per heavy atom. The second kappa shape index (κ2) is 6.79. The SMILES string of the molecule is O=C(CCc1ccc(NCCO)cc1)OF. The Hall–Kier alpha value is -1.62. The summed E-state index contributed by atoms with van der Waals surface area (Å²) in [6.45, 7) is 0.567. The molecule has 0 unspecified atom stereocenters. The molecule has 4 nitrogen and oxygen atoms in total. The number of halogens is 1. The van der Waals surface area contributed by atoms with Crippen LogP contribution in [0.3, 0.4) is 0 Å². The lowest BCUT2D eigenvalue weighted by molar-refractivity contribution is -0.183. The van der Waals surface area contributed by atoms with Gasteiger partial charge in [0.1, 0.15) is 0 Å². The number of aliphatic hydroxyl groups excluding tert-OH is 1. The van der Waals surface area contributed by atoms with Crippen molar-refractivity contribution in [2.24, 2.45) is 0 Å². The van der Waals surface area contributed by atoms with Gasteiger partial charge in [-0.25, -0.2) is 4.79 Å². The number of carbonyl (C=O) groups is 1. The minimum Gasteiger partial charge on any atom is -0.395 e. The van der Waals surface area contributed by atoms with Crippen LogP contribution in [0.4, 0.5) is 10.2 Å². The lowest BCUT2D eigenvalue weighted by atomic mass is 10.1. The van der Waals surface area contributed by atoms with Crippen molar-refractivity contribution in [3.63, 3.8) is 0 Å². The van der Waals surface area contributed by atoms with E-state index < -0.39 is 5.97 Å². The molecule has 0 aliphatic carbocycles. The minimum atomic E-state index is -0.859. The molecule has 1 aromatic carbocycles. The average molecular weight is 227 g/mol. The van der Waals surface area contributed by atoms with Gasteiger partial charge in [-0.3, -0.25) is 4.94 Å². The van der Waals surface area contributed by atoms with E-state index in [9.17, 15) is 9.32 Å². The average Bonchev–Trinajstić information content (AvgIpc) is 2.34. The molecule has 0 radical (unpaired) electrons. The number of nitrogens with one attached hydrogen (secondary N) is 1. The first-order valence-corrected chi connectivity index (χ1v) is 5.01. The van der Waals surface area contributed by atoms with Crippen LogP contribution in [0.1, 0.15) is 12.0 Å². The number of carbonyl (C=O) groups excluding carboxylic acids is 1. The Labute approximate surface area is 92.9 Å². The van der Waals surface area contributed by atoms with Crippen molar-refractivity contribution in [2.45, 2.75) is 12.8 Å². The summed E-state index contributed by atoms with van der Waals surface area (Å²) in [5.74, 6) is -0.859. The summed E-state index contributed by atoms with van der Waals surface area (Å²) in [5.41, 5.74) is 1.82. The standard InChI is InChI=1S/C11H14FNO3/c12-16-11(15)6-3-9-1-4-10(5-2-9)13-7-8-14/h1-2,4-5,13-14H,3,6-8H2. The highest BCUT2D eigenvalue weighted by Crippen LogP contribution is 2.11. The van der Waals surface area contributed by atoms with Gasteiger partial charge in [0.15, 0.2) is 0 Å². The lowest BCUT2D eigenvalue weighted by Gasteiger charge is -2.05. The summed E-state index contributed by atoms with van der Waals surface area (Å²) in [6.07, 6.45) is 0.475. The maximum atomic E-state index is 11.4. The Morgan fingerprint density at radius 2 is 2.06 bits per heavy atom. The first-order valence-electron chi connectivity index (χ1n) is 5.01. The number of hydrogen-bond acceptors (Lipinski definition) is 4. The van der Waals surface area contributed by atoms with Crippen LogP contribution >= 0.6 is 0 Å². The van der Waals surface area contributed by atoms with Gasteiger partial charge in [0.25, 0.3) is 0 Å². The zero-order chi connectivity index (χ0) is 11.8. The second-order valence-corrected chi connectivity index (χ2v) is 3.30. The normalized spacial score (nSPS) is 9.88. The third-order valence-corrected chi connectivity index (χ3v) is 2.10. The molecule has 1 rings (SSSR count). The molecule has 0 atom stereocenters. The number of aliphatic hydroxyl groups is 1. The van der Waals surface area contributed by atoms with Crippen molar-refractivity contribution < 1.29 is 19.4 Å². The van der Waals surface area contributed by atoms with E-state index in [4.69, 9.17) is 5.11 Å². The smallest absolute Gasteiger partial charge is 0.349 e. The van der Waals surface area contributed by atoms with Crippen molar-refractivity contribution in [1.82, 2.24) is 0 Å². The van der Waals surface area contributed by atoms with Crippen LogP contribution in [0.2, 0.25) is 0 Å². The Kier molecular flexibility index (Phi) is 5.28. The maximum Gasteiger partial charge on any atom is 0.349 e.